The minimum Gasteiger partial charge on any atom is -0.486 e. The zero-order valence-corrected chi connectivity index (χ0v) is 13.8. The summed E-state index contributed by atoms with van der Waals surface area (Å²) in [5.41, 5.74) is 6.74. The molecule has 0 bridgehead atoms. The van der Waals surface area contributed by atoms with Gasteiger partial charge in [0.2, 0.25) is 5.95 Å². The van der Waals surface area contributed by atoms with Crippen molar-refractivity contribution in [2.45, 2.75) is 19.9 Å². The fourth-order valence-corrected chi connectivity index (χ4v) is 2.75. The van der Waals surface area contributed by atoms with E-state index in [1.54, 1.807) is 6.07 Å². The molecule has 1 aliphatic rings. The third-order valence-electron chi connectivity index (χ3n) is 3.61. The Morgan fingerprint density at radius 3 is 2.57 bits per heavy atom. The number of nitrogens with two attached hydrogens (primary N) is 1. The van der Waals surface area contributed by atoms with Crippen LogP contribution in [0.15, 0.2) is 24.3 Å². The van der Waals surface area contributed by atoms with E-state index >= 15 is 0 Å². The molecule has 23 heavy (non-hydrogen) atoms. The summed E-state index contributed by atoms with van der Waals surface area (Å²) in [6, 6.07) is 7.64. The van der Waals surface area contributed by atoms with Gasteiger partial charge in [-0.3, -0.25) is 0 Å². The maximum Gasteiger partial charge on any atom is 0.223 e. The average molecular weight is 335 g/mol. The van der Waals surface area contributed by atoms with Crippen LogP contribution in [0.3, 0.4) is 0 Å². The molecular formula is C16H19ClN4O2. The Balaban J connectivity index is 1.89. The van der Waals surface area contributed by atoms with Gasteiger partial charge in [0.15, 0.2) is 11.5 Å². The van der Waals surface area contributed by atoms with E-state index in [2.05, 4.69) is 29.1 Å². The third-order valence-corrected chi connectivity index (χ3v) is 3.80. The van der Waals surface area contributed by atoms with Crippen LogP contribution >= 0.6 is 11.6 Å². The highest BCUT2D eigenvalue weighted by molar-refractivity contribution is 6.29. The van der Waals surface area contributed by atoms with Crippen molar-refractivity contribution in [2.24, 2.45) is 5.92 Å². The van der Waals surface area contributed by atoms with E-state index < -0.39 is 0 Å². The van der Waals surface area contributed by atoms with Crippen LogP contribution in [0.1, 0.15) is 25.5 Å². The van der Waals surface area contributed by atoms with Crippen molar-refractivity contribution in [3.05, 3.63) is 35.0 Å². The highest BCUT2D eigenvalue weighted by atomic mass is 35.5. The number of aromatic nitrogens is 2. The predicted octanol–water partition coefficient (Wildman–Crippen LogP) is 3.29. The molecule has 0 amide bonds. The maximum absolute atomic E-state index is 5.95. The smallest absolute Gasteiger partial charge is 0.223 e. The Bertz CT molecular complexity index is 688. The van der Waals surface area contributed by atoms with Crippen LogP contribution in [-0.4, -0.2) is 23.2 Å². The van der Waals surface area contributed by atoms with E-state index in [4.69, 9.17) is 26.8 Å². The zero-order valence-electron chi connectivity index (χ0n) is 13.0. The first-order valence-corrected chi connectivity index (χ1v) is 7.87. The second-order valence-corrected chi connectivity index (χ2v) is 6.09. The number of hydrogen-bond donors (Lipinski definition) is 2. The number of hydrogen-bond acceptors (Lipinski definition) is 6. The lowest BCUT2D eigenvalue weighted by atomic mass is 9.95. The van der Waals surface area contributed by atoms with Crippen LogP contribution in [0.2, 0.25) is 5.15 Å². The Morgan fingerprint density at radius 2 is 1.87 bits per heavy atom. The molecule has 0 spiro atoms. The number of nitrogens with one attached hydrogen (secondary N) is 1. The van der Waals surface area contributed by atoms with Crippen molar-refractivity contribution in [2.75, 3.05) is 24.3 Å². The van der Waals surface area contributed by atoms with Crippen LogP contribution in [0.5, 0.6) is 11.5 Å². The summed E-state index contributed by atoms with van der Waals surface area (Å²) in [6.07, 6.45) is 0. The Morgan fingerprint density at radius 1 is 1.13 bits per heavy atom. The number of nitrogen functional groups attached to an aromatic ring is 1. The summed E-state index contributed by atoms with van der Waals surface area (Å²) in [5, 5.41) is 3.68. The van der Waals surface area contributed by atoms with Crippen LogP contribution in [0.4, 0.5) is 11.8 Å². The van der Waals surface area contributed by atoms with Crippen molar-refractivity contribution in [3.8, 4) is 11.5 Å². The Labute approximate surface area is 140 Å². The summed E-state index contributed by atoms with van der Waals surface area (Å²) < 4.78 is 11.2. The number of halogens is 1. The first kappa shape index (κ1) is 15.7. The number of ether oxygens (including phenoxy) is 2. The van der Waals surface area contributed by atoms with Crippen LogP contribution in [0, 0.1) is 5.92 Å². The first-order valence-electron chi connectivity index (χ1n) is 7.49. The van der Waals surface area contributed by atoms with Gasteiger partial charge in [0, 0.05) is 6.07 Å². The quantitative estimate of drug-likeness (QED) is 0.835. The fourth-order valence-electron chi connectivity index (χ4n) is 2.56. The topological polar surface area (TPSA) is 82.3 Å². The minimum absolute atomic E-state index is 0.0243. The molecule has 122 valence electrons. The molecule has 6 nitrogen and oxygen atoms in total. The van der Waals surface area contributed by atoms with Gasteiger partial charge in [0.05, 0.1) is 6.04 Å². The summed E-state index contributed by atoms with van der Waals surface area (Å²) in [6.45, 7) is 5.40. The first-order chi connectivity index (χ1) is 11.0. The largest absolute Gasteiger partial charge is 0.486 e. The molecule has 1 atom stereocenters. The van der Waals surface area contributed by atoms with Crippen molar-refractivity contribution in [3.63, 3.8) is 0 Å². The average Bonchev–Trinajstić information content (AvgIpc) is 2.51. The normalized spacial score (nSPS) is 14.6. The highest BCUT2D eigenvalue weighted by Crippen LogP contribution is 2.35. The molecule has 0 fully saturated rings. The summed E-state index contributed by atoms with van der Waals surface area (Å²) in [7, 11) is 0. The lowest BCUT2D eigenvalue weighted by Crippen LogP contribution is -2.20. The zero-order chi connectivity index (χ0) is 16.4. The summed E-state index contributed by atoms with van der Waals surface area (Å²) in [5.74, 6) is 2.59. The molecule has 3 rings (SSSR count). The van der Waals surface area contributed by atoms with Gasteiger partial charge in [0.25, 0.3) is 0 Å². The summed E-state index contributed by atoms with van der Waals surface area (Å²) >= 11 is 5.95. The van der Waals surface area contributed by atoms with Gasteiger partial charge in [-0.1, -0.05) is 31.5 Å². The second kappa shape index (κ2) is 6.50. The molecule has 0 saturated carbocycles. The van der Waals surface area contributed by atoms with Gasteiger partial charge in [-0.05, 0) is 23.6 Å². The van der Waals surface area contributed by atoms with Crippen LogP contribution in [-0.2, 0) is 0 Å². The van der Waals surface area contributed by atoms with E-state index in [0.717, 1.165) is 17.1 Å². The fraction of sp³-hybridized carbons (Fsp3) is 0.375. The number of anilines is 2. The van der Waals surface area contributed by atoms with E-state index in [0.29, 0.717) is 30.1 Å². The van der Waals surface area contributed by atoms with Gasteiger partial charge < -0.3 is 20.5 Å². The molecule has 2 aromatic rings. The maximum atomic E-state index is 5.95. The van der Waals surface area contributed by atoms with E-state index in [9.17, 15) is 0 Å². The Kier molecular flexibility index (Phi) is 4.43. The highest BCUT2D eigenvalue weighted by Gasteiger charge is 2.20. The number of benzene rings is 1. The van der Waals surface area contributed by atoms with Gasteiger partial charge in [-0.25, -0.2) is 4.98 Å². The van der Waals surface area contributed by atoms with Crippen LogP contribution < -0.4 is 20.5 Å². The van der Waals surface area contributed by atoms with Crippen molar-refractivity contribution in [1.82, 2.24) is 9.97 Å². The minimum atomic E-state index is 0.0243. The lowest BCUT2D eigenvalue weighted by Gasteiger charge is -2.26. The van der Waals surface area contributed by atoms with Crippen LogP contribution in [0.25, 0.3) is 0 Å². The molecule has 0 radical (unpaired) electrons. The number of rotatable bonds is 4. The molecule has 0 aliphatic carbocycles. The molecule has 1 aromatic heterocycles. The second-order valence-electron chi connectivity index (χ2n) is 5.70. The molecule has 1 aliphatic heterocycles. The van der Waals surface area contributed by atoms with Crippen molar-refractivity contribution in [1.29, 1.82) is 0 Å². The number of fused-ring (bicyclic) bond motifs is 1. The van der Waals surface area contributed by atoms with E-state index in [-0.39, 0.29) is 12.0 Å². The SMILES string of the molecule is CC(C)C(Nc1cc(Cl)nc(N)n1)c1ccc2c(c1)OCCO2. The third kappa shape index (κ3) is 3.59. The van der Waals surface area contributed by atoms with Crippen molar-refractivity contribution < 1.29 is 9.47 Å². The standard InChI is InChI=1S/C16H19ClN4O2/c1-9(2)15(20-14-8-13(17)19-16(18)21-14)10-3-4-11-12(7-10)23-6-5-22-11/h3-4,7-9,15H,5-6H2,1-2H3,(H3,18,19,20,21). The Hall–Kier alpha value is -2.21. The van der Waals surface area contributed by atoms with Gasteiger partial charge in [-0.15, -0.1) is 0 Å². The molecule has 1 aromatic carbocycles. The van der Waals surface area contributed by atoms with Crippen molar-refractivity contribution >= 4 is 23.4 Å². The predicted molar refractivity (Wildman–Crippen MR) is 90.1 cm³/mol. The molecule has 3 N–H and O–H groups in total. The van der Waals surface area contributed by atoms with Gasteiger partial charge in [0.1, 0.15) is 24.2 Å². The molecule has 2 heterocycles. The molecule has 0 saturated heterocycles. The van der Waals surface area contributed by atoms with E-state index in [1.807, 2.05) is 18.2 Å². The number of nitrogens with zero attached hydrogens (tertiary/aromatic N) is 2. The summed E-state index contributed by atoms with van der Waals surface area (Å²) in [4.78, 5) is 8.06. The van der Waals surface area contributed by atoms with Gasteiger partial charge in [-0.2, -0.15) is 4.98 Å². The molecule has 7 heteroatoms. The molecular weight excluding hydrogens is 316 g/mol. The van der Waals surface area contributed by atoms with E-state index in [1.165, 1.54) is 0 Å². The monoisotopic (exact) mass is 334 g/mol. The van der Waals surface area contributed by atoms with Gasteiger partial charge >= 0.3 is 0 Å². The molecule has 1 unspecified atom stereocenters. The lowest BCUT2D eigenvalue weighted by molar-refractivity contribution is 0.171.